The van der Waals surface area contributed by atoms with Crippen molar-refractivity contribution < 1.29 is 90.9 Å². The zero-order valence-corrected chi connectivity index (χ0v) is 71.1. The summed E-state index contributed by atoms with van der Waals surface area (Å²) in [5.74, 6) is -9.53. The van der Waals surface area contributed by atoms with Crippen LogP contribution in [0.3, 0.4) is 0 Å². The maximum Gasteiger partial charge on any atom is 0.408 e. The fourth-order valence-electron chi connectivity index (χ4n) is 13.0. The van der Waals surface area contributed by atoms with Crippen LogP contribution in [0, 0.1) is 11.8 Å². The molecule has 0 saturated carbocycles. The monoisotopic (exact) mass is 1690 g/mol. The van der Waals surface area contributed by atoms with Crippen molar-refractivity contribution in [3.8, 4) is 0 Å². The molecular formula is C84H118N14O19S2. The standard InChI is InChI=1S/C84H118N14O19S2/c1-11-114-80(110)69-39-27-43-98(69)79(109)65(46-58-30-18-13-19-31-58)93-74(104)66(49-118-51-87-55(6)99)94-72(102)62(37-25-41-86-82(112)116-48-60-34-22-15-23-35-60)90-77(107)70(54(4)5)96-76(106)68-38-26-42-97(68)78(108)64(45-57-28-16-12-17-29-57)92-73(103)63(44-53(2)3)91-71(101)61(36-24-40-85-81(111)115-47-59-32-20-14-21-33-59)89-75(105)67(50-119-52-88-56(7)100)95-83(113)117-84(8,9)10/h12-23,28-35,53-54,61-70H,11,24-27,36-52H2,1-10H3,(H,85,111)(H,86,112)(H,87,99)(H,88,100)(H,89,105)(H,90,107)(H,91,101)(H,92,103)(H,93,104)(H,94,102)(H,95,113)(H,96,106)/t61-,62-,63-,64+,65+,66-,67-,68-,69-,70-/m0/s1. The first-order valence-electron chi connectivity index (χ1n) is 40.3. The van der Waals surface area contributed by atoms with Crippen LogP contribution in [0.25, 0.3) is 0 Å². The van der Waals surface area contributed by atoms with Crippen LogP contribution in [0.4, 0.5) is 14.4 Å². The second kappa shape index (κ2) is 50.7. The van der Waals surface area contributed by atoms with Crippen molar-refractivity contribution in [2.75, 3.05) is 56.0 Å². The first kappa shape index (κ1) is 96.9. The van der Waals surface area contributed by atoms with Crippen LogP contribution >= 0.6 is 23.5 Å². The highest BCUT2D eigenvalue weighted by atomic mass is 32.2. The summed E-state index contributed by atoms with van der Waals surface area (Å²) in [5, 5.41) is 32.7. The molecule has 2 fully saturated rings. The Labute approximate surface area is 704 Å². The number of nitrogens with zero attached hydrogens (tertiary/aromatic N) is 2. The molecule has 35 heteroatoms. The van der Waals surface area contributed by atoms with E-state index in [2.05, 4.69) is 63.8 Å². The third-order valence-corrected chi connectivity index (χ3v) is 20.8. The number of alkyl carbamates (subject to hydrolysis) is 3. The highest BCUT2D eigenvalue weighted by molar-refractivity contribution is 7.99. The molecule has 14 amide bonds. The van der Waals surface area contributed by atoms with Gasteiger partial charge in [-0.25, -0.2) is 19.2 Å². The summed E-state index contributed by atoms with van der Waals surface area (Å²) < 4.78 is 21.6. The van der Waals surface area contributed by atoms with E-state index in [1.807, 2.05) is 12.1 Å². The minimum atomic E-state index is -1.49. The molecule has 0 unspecified atom stereocenters. The average Bonchev–Trinajstić information content (AvgIpc) is 1.72. The molecule has 33 nitrogen and oxygen atoms in total. The lowest BCUT2D eigenvalue weighted by molar-refractivity contribution is -0.153. The van der Waals surface area contributed by atoms with Gasteiger partial charge in [0.15, 0.2) is 0 Å². The summed E-state index contributed by atoms with van der Waals surface area (Å²) in [4.78, 5) is 213. The Morgan fingerprint density at radius 3 is 1.24 bits per heavy atom. The van der Waals surface area contributed by atoms with Gasteiger partial charge < -0.3 is 92.5 Å². The molecule has 12 N–H and O–H groups in total. The molecule has 4 aromatic rings. The largest absolute Gasteiger partial charge is 0.464 e. The highest BCUT2D eigenvalue weighted by Gasteiger charge is 2.43. The third-order valence-electron chi connectivity index (χ3n) is 18.9. The fourth-order valence-corrected chi connectivity index (χ4v) is 14.8. The Balaban J connectivity index is 1.25. The smallest absolute Gasteiger partial charge is 0.408 e. The van der Waals surface area contributed by atoms with E-state index in [9.17, 15) is 52.7 Å². The number of benzene rings is 4. The Morgan fingerprint density at radius 2 is 0.815 bits per heavy atom. The van der Waals surface area contributed by atoms with Crippen LogP contribution in [0.5, 0.6) is 0 Å². The van der Waals surface area contributed by atoms with Crippen molar-refractivity contribution in [1.82, 2.24) is 73.6 Å². The highest BCUT2D eigenvalue weighted by Crippen LogP contribution is 2.24. The predicted molar refractivity (Wildman–Crippen MR) is 447 cm³/mol. The quantitative estimate of drug-likeness (QED) is 0.0119. The molecule has 0 aliphatic carbocycles. The number of thioether (sulfide) groups is 2. The Hall–Kier alpha value is -11.0. The van der Waals surface area contributed by atoms with E-state index in [1.54, 1.807) is 165 Å². The number of rotatable bonds is 46. The summed E-state index contributed by atoms with van der Waals surface area (Å²) in [7, 11) is 0. The molecule has 119 heavy (non-hydrogen) atoms. The Morgan fingerprint density at radius 1 is 0.437 bits per heavy atom. The molecule has 2 aliphatic rings. The molecule has 10 atom stereocenters. The van der Waals surface area contributed by atoms with E-state index in [0.717, 1.165) is 34.7 Å². The molecule has 0 aromatic heterocycles. The molecule has 650 valence electrons. The number of hydrogen-bond acceptors (Lipinski definition) is 21. The van der Waals surface area contributed by atoms with Gasteiger partial charge in [-0.2, -0.15) is 0 Å². The van der Waals surface area contributed by atoms with E-state index >= 15 is 19.2 Å². The Bertz CT molecular complexity index is 4000. The van der Waals surface area contributed by atoms with Gasteiger partial charge in [0.05, 0.1) is 18.4 Å². The molecule has 0 spiro atoms. The minimum Gasteiger partial charge on any atom is -0.464 e. The van der Waals surface area contributed by atoms with Crippen LogP contribution in [-0.4, -0.2) is 221 Å². The number of ether oxygens (including phenoxy) is 4. The van der Waals surface area contributed by atoms with Gasteiger partial charge in [-0.05, 0) is 120 Å². The zero-order valence-electron chi connectivity index (χ0n) is 69.5. The van der Waals surface area contributed by atoms with E-state index in [-0.39, 0.29) is 138 Å². The van der Waals surface area contributed by atoms with Gasteiger partial charge in [0.2, 0.25) is 65.0 Å². The molecule has 0 bridgehead atoms. The minimum absolute atomic E-state index is 0.000305. The summed E-state index contributed by atoms with van der Waals surface area (Å²) in [5.41, 5.74) is 1.77. The van der Waals surface area contributed by atoms with Crippen molar-refractivity contribution in [2.45, 2.75) is 219 Å². The molecular weight excluding hydrogens is 1570 g/mol. The van der Waals surface area contributed by atoms with Crippen LogP contribution in [0.2, 0.25) is 0 Å². The number of hydrogen-bond donors (Lipinski definition) is 12. The summed E-state index contributed by atoms with van der Waals surface area (Å²) in [6.45, 7) is 16.2. The molecule has 2 saturated heterocycles. The zero-order chi connectivity index (χ0) is 87.0. The number of nitrogens with one attached hydrogen (secondary N) is 12. The number of esters is 1. The van der Waals surface area contributed by atoms with Crippen LogP contribution < -0.4 is 63.8 Å². The summed E-state index contributed by atoms with van der Waals surface area (Å²) in [6, 6.07) is 22.3. The molecule has 2 heterocycles. The van der Waals surface area contributed by atoms with Gasteiger partial charge in [-0.1, -0.05) is 149 Å². The van der Waals surface area contributed by atoms with Crippen molar-refractivity contribution in [3.05, 3.63) is 144 Å². The van der Waals surface area contributed by atoms with E-state index in [4.69, 9.17) is 18.9 Å². The van der Waals surface area contributed by atoms with Crippen molar-refractivity contribution in [1.29, 1.82) is 0 Å². The first-order chi connectivity index (χ1) is 56.8. The van der Waals surface area contributed by atoms with Crippen molar-refractivity contribution in [2.24, 2.45) is 11.8 Å². The fraction of sp³-hybridized carbons (Fsp3) is 0.536. The second-order valence-electron chi connectivity index (χ2n) is 30.7. The van der Waals surface area contributed by atoms with Gasteiger partial charge in [-0.3, -0.25) is 52.7 Å². The van der Waals surface area contributed by atoms with E-state index in [0.29, 0.717) is 30.4 Å². The number of carbonyl (C=O) groups excluding carboxylic acids is 15. The normalized spacial score (nSPS) is 15.7. The molecule has 0 radical (unpaired) electrons. The summed E-state index contributed by atoms with van der Waals surface area (Å²) >= 11 is 2.17. The van der Waals surface area contributed by atoms with E-state index < -0.39 is 149 Å². The average molecular weight is 1690 g/mol. The van der Waals surface area contributed by atoms with E-state index in [1.165, 1.54) is 23.6 Å². The van der Waals surface area contributed by atoms with Gasteiger partial charge in [-0.15, -0.1) is 23.5 Å². The van der Waals surface area contributed by atoms with Gasteiger partial charge >= 0.3 is 24.2 Å². The van der Waals surface area contributed by atoms with Crippen LogP contribution in [0.15, 0.2) is 121 Å². The van der Waals surface area contributed by atoms with Gasteiger partial charge in [0, 0.05) is 64.4 Å². The van der Waals surface area contributed by atoms with Crippen molar-refractivity contribution in [3.63, 3.8) is 0 Å². The second-order valence-corrected chi connectivity index (χ2v) is 32.8. The van der Waals surface area contributed by atoms with Gasteiger partial charge in [0.25, 0.3) is 0 Å². The number of carbonyl (C=O) groups is 15. The lowest BCUT2D eigenvalue weighted by atomic mass is 9.99. The van der Waals surface area contributed by atoms with Crippen LogP contribution in [0.1, 0.15) is 149 Å². The molecule has 4 aromatic carbocycles. The SMILES string of the molecule is CCOC(=O)[C@@H]1CCCN1C(=O)[C@@H](Cc1ccccc1)NC(=O)[C@H](CSCNC(C)=O)NC(=O)[C@H](CCCNC(=O)OCc1ccccc1)NC(=O)[C@@H](NC(=O)[C@@H]1CCCN1C(=O)[C@@H](Cc1ccccc1)NC(=O)[C@H](CC(C)C)NC(=O)[C@H](CCCNC(=O)OCc1ccccc1)NC(=O)[C@H](CSCNC(C)=O)NC(=O)OC(C)(C)C)C(C)C. The molecule has 6 rings (SSSR count). The van der Waals surface area contributed by atoms with Gasteiger partial charge in [0.1, 0.15) is 79.2 Å². The third kappa shape index (κ3) is 35.2. The lowest BCUT2D eigenvalue weighted by Gasteiger charge is -2.32. The molecule has 2 aliphatic heterocycles. The Kier molecular flexibility index (Phi) is 41.3. The summed E-state index contributed by atoms with van der Waals surface area (Å²) in [6.07, 6.45) is -1.54. The van der Waals surface area contributed by atoms with Crippen LogP contribution in [-0.2, 0) is 103 Å². The van der Waals surface area contributed by atoms with Crippen molar-refractivity contribution >= 4 is 113 Å². The number of amides is 14. The topological polar surface area (TPSA) is 444 Å². The maximum absolute atomic E-state index is 15.4. The number of likely N-dealkylation sites (tertiary alicyclic amines) is 2. The predicted octanol–water partition coefficient (Wildman–Crippen LogP) is 5.07. The first-order valence-corrected chi connectivity index (χ1v) is 42.6. The lowest BCUT2D eigenvalue weighted by Crippen LogP contribution is -2.61. The maximum atomic E-state index is 15.4.